The first-order chi connectivity index (χ1) is 20.3. The van der Waals surface area contributed by atoms with Crippen molar-refractivity contribution < 1.29 is 43.6 Å². The Balaban J connectivity index is 1.37. The van der Waals surface area contributed by atoms with Crippen LogP contribution >= 0.6 is 34.7 Å². The number of nitrogen functional groups attached to an aromatic ring is 1. The number of aromatic nitrogens is 3. The number of carbonyl (C=O) groups is 5. The molecule has 5 heterocycles. The van der Waals surface area contributed by atoms with Crippen molar-refractivity contribution in [1.82, 2.24) is 20.2 Å². The van der Waals surface area contributed by atoms with Crippen LogP contribution in [0.3, 0.4) is 0 Å². The van der Waals surface area contributed by atoms with Gasteiger partial charge in [0.2, 0.25) is 6.10 Å². The summed E-state index contributed by atoms with van der Waals surface area (Å²) in [4.78, 5) is 74.0. The number of fused-ring (bicyclic) bond motifs is 2. The van der Waals surface area contributed by atoms with Crippen LogP contribution in [-0.4, -0.2) is 78.6 Å². The molecule has 19 heteroatoms. The van der Waals surface area contributed by atoms with E-state index in [4.69, 9.17) is 33.0 Å². The monoisotopic (exact) mass is 648 g/mol. The molecule has 3 aromatic rings. The van der Waals surface area contributed by atoms with Gasteiger partial charge in [-0.25, -0.2) is 14.3 Å². The second kappa shape index (κ2) is 11.5. The molecule has 1 saturated heterocycles. The third kappa shape index (κ3) is 5.71. The average molecular weight is 649 g/mol. The Kier molecular flexibility index (Phi) is 8.00. The molecule has 0 radical (unpaired) electrons. The van der Waals surface area contributed by atoms with E-state index in [-0.39, 0.29) is 38.9 Å². The number of aliphatic carboxylic acids is 2. The van der Waals surface area contributed by atoms with Crippen molar-refractivity contribution in [2.45, 2.75) is 31.0 Å². The fourth-order valence-electron chi connectivity index (χ4n) is 4.41. The summed E-state index contributed by atoms with van der Waals surface area (Å²) in [6.07, 6.45) is 1.94. The van der Waals surface area contributed by atoms with Crippen molar-refractivity contribution in [3.8, 4) is 0 Å². The zero-order valence-corrected chi connectivity index (χ0v) is 24.3. The normalized spacial score (nSPS) is 19.1. The lowest BCUT2D eigenvalue weighted by Crippen LogP contribution is -2.71. The van der Waals surface area contributed by atoms with Crippen LogP contribution in [0.15, 0.2) is 41.0 Å². The van der Waals surface area contributed by atoms with Gasteiger partial charge in [0.1, 0.15) is 27.1 Å². The second-order valence-corrected chi connectivity index (χ2v) is 12.1. The number of carboxylic acid groups (broad SMARTS) is 2. The lowest BCUT2D eigenvalue weighted by Gasteiger charge is -2.50. The maximum absolute atomic E-state index is 13.2. The van der Waals surface area contributed by atoms with Gasteiger partial charge in [-0.05, 0) is 13.0 Å². The van der Waals surface area contributed by atoms with Gasteiger partial charge in [-0.2, -0.15) is 0 Å². The number of hydrogen-bond donors (Lipinski definition) is 5. The molecular weight excluding hydrogens is 628 g/mol. The fourth-order valence-corrected chi connectivity index (χ4v) is 6.67. The van der Waals surface area contributed by atoms with E-state index in [1.165, 1.54) is 18.7 Å². The Hall–Kier alpha value is -4.68. The van der Waals surface area contributed by atoms with Crippen LogP contribution in [0.4, 0.5) is 5.13 Å². The number of pyridine rings is 1. The number of nitrogens with two attached hydrogens (primary N) is 2. The van der Waals surface area contributed by atoms with E-state index in [1.54, 1.807) is 29.1 Å². The number of primary amides is 1. The number of carboxylic acids is 2. The highest BCUT2D eigenvalue weighted by molar-refractivity contribution is 8.00. The maximum atomic E-state index is 13.2. The number of hydrogen-bond acceptors (Lipinski definition) is 12. The molecule has 3 atom stereocenters. The van der Waals surface area contributed by atoms with Gasteiger partial charge >= 0.3 is 5.97 Å². The van der Waals surface area contributed by atoms with Crippen LogP contribution in [0.2, 0.25) is 4.34 Å². The first kappa shape index (κ1) is 29.8. The molecule has 5 rings (SSSR count). The average Bonchev–Trinajstić information content (AvgIpc) is 3.53. The van der Waals surface area contributed by atoms with Gasteiger partial charge in [0.05, 0.1) is 22.6 Å². The molecule has 1 fully saturated rings. The SMILES string of the molecule is C[C@H](O/N=C(\C(=O)N[C@@H]1C(=O)N2C(C(=O)[O-])=C(C[n+]3ccc4[nH]c(C(N)=O)cc4c3)CS[C@H]12)c1nc(N)sc1Cl)C(=O)O. The molecule has 0 spiro atoms. The van der Waals surface area contributed by atoms with E-state index >= 15 is 0 Å². The highest BCUT2D eigenvalue weighted by Crippen LogP contribution is 2.40. The van der Waals surface area contributed by atoms with Crippen molar-refractivity contribution >= 4 is 86.1 Å². The standard InChI is InChI=1S/C24H21ClN8O8S2/c1-8(22(37)38)41-31-14(13-17(25)43-24(27)30-13)19(35)29-15-20(36)33-16(23(39)40)10(7-42-21(15)33)6-32-3-2-11-9(5-32)4-12(28-11)18(26)34/h2-5,8,15,21H,6-7H2,1H3,(H7,26,27,29,30,34,35,37,38,39,40)/b31-14-/t8-,15+,21+/m0/s1. The number of nitrogens with zero attached hydrogens (tertiary/aromatic N) is 4. The number of anilines is 1. The third-order valence-electron chi connectivity index (χ3n) is 6.48. The van der Waals surface area contributed by atoms with Crippen LogP contribution in [-0.2, 0) is 30.6 Å². The zero-order valence-electron chi connectivity index (χ0n) is 21.9. The van der Waals surface area contributed by atoms with Crippen LogP contribution in [0, 0.1) is 0 Å². The van der Waals surface area contributed by atoms with Gasteiger partial charge in [0, 0.05) is 17.4 Å². The summed E-state index contributed by atoms with van der Waals surface area (Å²) in [5.74, 6) is -5.06. The number of nitrogens with one attached hydrogen (secondary N) is 2. The summed E-state index contributed by atoms with van der Waals surface area (Å²) in [6, 6.07) is 2.10. The molecule has 0 unspecified atom stereocenters. The number of β-lactam (4-membered cyclic amide) rings is 1. The number of rotatable bonds is 10. The lowest BCUT2D eigenvalue weighted by atomic mass is 10.0. The van der Waals surface area contributed by atoms with Gasteiger partial charge in [-0.15, -0.1) is 11.8 Å². The van der Waals surface area contributed by atoms with E-state index in [0.29, 0.717) is 16.5 Å². The lowest BCUT2D eigenvalue weighted by molar-refractivity contribution is -0.687. The Morgan fingerprint density at radius 3 is 2.79 bits per heavy atom. The third-order valence-corrected chi connectivity index (χ3v) is 8.90. The summed E-state index contributed by atoms with van der Waals surface area (Å²) in [5, 5.41) is 27.3. The van der Waals surface area contributed by atoms with Gasteiger partial charge in [0.25, 0.3) is 17.7 Å². The number of H-pyrrole nitrogens is 1. The largest absolute Gasteiger partial charge is 0.543 e. The quantitative estimate of drug-likeness (QED) is 0.0735. The van der Waals surface area contributed by atoms with Crippen molar-refractivity contribution in [2.75, 3.05) is 11.5 Å². The number of thioether (sulfide) groups is 1. The minimum Gasteiger partial charge on any atom is -0.543 e. The molecule has 16 nitrogen and oxygen atoms in total. The van der Waals surface area contributed by atoms with Crippen LogP contribution < -0.4 is 26.5 Å². The highest BCUT2D eigenvalue weighted by atomic mass is 35.5. The fraction of sp³-hybridized carbons (Fsp3) is 0.250. The van der Waals surface area contributed by atoms with E-state index in [0.717, 1.165) is 16.2 Å². The van der Waals surface area contributed by atoms with Gasteiger partial charge in [-0.1, -0.05) is 28.1 Å². The van der Waals surface area contributed by atoms with Gasteiger partial charge < -0.3 is 41.6 Å². The minimum absolute atomic E-state index is 0.00128. The van der Waals surface area contributed by atoms with Crippen LogP contribution in [0.5, 0.6) is 0 Å². The molecule has 3 aromatic heterocycles. The van der Waals surface area contributed by atoms with E-state index in [1.807, 2.05) is 0 Å². The summed E-state index contributed by atoms with van der Waals surface area (Å²) in [5.41, 5.74) is 11.2. The van der Waals surface area contributed by atoms with Crippen molar-refractivity contribution in [3.05, 3.63) is 51.5 Å². The molecule has 2 aliphatic heterocycles. The van der Waals surface area contributed by atoms with Crippen LogP contribution in [0.1, 0.15) is 23.1 Å². The molecule has 0 saturated carbocycles. The zero-order chi connectivity index (χ0) is 31.2. The molecule has 224 valence electrons. The van der Waals surface area contributed by atoms with Crippen molar-refractivity contribution in [3.63, 3.8) is 0 Å². The van der Waals surface area contributed by atoms with Gasteiger partial charge in [0.15, 0.2) is 29.8 Å². The molecule has 2 aliphatic rings. The molecule has 0 aromatic carbocycles. The van der Waals surface area contributed by atoms with E-state index in [2.05, 4.69) is 20.4 Å². The molecule has 43 heavy (non-hydrogen) atoms. The number of thiazole rings is 1. The summed E-state index contributed by atoms with van der Waals surface area (Å²) in [6.45, 7) is 1.28. The predicted molar refractivity (Wildman–Crippen MR) is 150 cm³/mol. The first-order valence-electron chi connectivity index (χ1n) is 12.2. The molecule has 7 N–H and O–H groups in total. The van der Waals surface area contributed by atoms with Crippen molar-refractivity contribution in [2.24, 2.45) is 10.9 Å². The Bertz CT molecular complexity index is 1770. The Morgan fingerprint density at radius 1 is 1.42 bits per heavy atom. The molecule has 3 amide bonds. The summed E-state index contributed by atoms with van der Waals surface area (Å²) in [7, 11) is 0. The molecular formula is C24H21ClN8O8S2. The maximum Gasteiger partial charge on any atom is 0.347 e. The number of oxime groups is 1. The highest BCUT2D eigenvalue weighted by Gasteiger charge is 2.53. The number of aromatic amines is 1. The second-order valence-electron chi connectivity index (χ2n) is 9.33. The number of carbonyl (C=O) groups excluding carboxylic acids is 4. The van der Waals surface area contributed by atoms with E-state index in [9.17, 15) is 29.1 Å². The topological polar surface area (TPSA) is 250 Å². The smallest absolute Gasteiger partial charge is 0.347 e. The predicted octanol–water partition coefficient (Wildman–Crippen LogP) is -1.46. The first-order valence-corrected chi connectivity index (χ1v) is 14.5. The van der Waals surface area contributed by atoms with Gasteiger partial charge in [-0.3, -0.25) is 19.3 Å². The molecule has 0 bridgehead atoms. The summed E-state index contributed by atoms with van der Waals surface area (Å²) >= 11 is 8.18. The summed E-state index contributed by atoms with van der Waals surface area (Å²) < 4.78 is 1.66. The number of amides is 3. The Labute approximate surface area is 254 Å². The van der Waals surface area contributed by atoms with E-state index < -0.39 is 52.9 Å². The Morgan fingerprint density at radius 2 is 2.16 bits per heavy atom. The van der Waals surface area contributed by atoms with Crippen LogP contribution in [0.25, 0.3) is 10.9 Å². The number of halogens is 1. The molecule has 0 aliphatic carbocycles. The minimum atomic E-state index is -1.57. The van der Waals surface area contributed by atoms with Crippen molar-refractivity contribution in [1.29, 1.82) is 0 Å².